The topological polar surface area (TPSA) is 9.23 Å². The number of hydrogen-bond acceptors (Lipinski definition) is 1. The number of rotatable bonds is 3. The Morgan fingerprint density at radius 1 is 1.17 bits per heavy atom. The van der Waals surface area contributed by atoms with E-state index in [0.29, 0.717) is 6.10 Å². The summed E-state index contributed by atoms with van der Waals surface area (Å²) in [4.78, 5) is 0. The van der Waals surface area contributed by atoms with E-state index < -0.39 is 0 Å². The van der Waals surface area contributed by atoms with E-state index in [-0.39, 0.29) is 20.9 Å². The normalized spacial score (nSPS) is 17.3. The van der Waals surface area contributed by atoms with Crippen molar-refractivity contribution in [3.63, 3.8) is 0 Å². The molecule has 0 saturated carbocycles. The monoisotopic (exact) mass is 354 g/mol. The number of ether oxygens (including phenoxy) is 1. The van der Waals surface area contributed by atoms with Gasteiger partial charge in [0.05, 0.1) is 0 Å². The maximum atomic E-state index is 6.02. The zero-order chi connectivity index (χ0) is 12.4. The molecule has 1 heterocycles. The van der Waals surface area contributed by atoms with Crippen molar-refractivity contribution in [2.75, 3.05) is 0 Å². The summed E-state index contributed by atoms with van der Waals surface area (Å²) in [6.07, 6.45) is 1.50. The molecule has 0 spiro atoms. The molecule has 1 unspecified atom stereocenters. The molecular formula is C16H16OTe. The third-order valence-corrected chi connectivity index (χ3v) is 6.40. The third kappa shape index (κ3) is 2.71. The molecule has 0 aromatic heterocycles. The first kappa shape index (κ1) is 12.1. The fraction of sp³-hybridized carbons (Fsp3) is 0.250. The molecule has 2 aromatic carbocycles. The fourth-order valence-electron chi connectivity index (χ4n) is 2.25. The summed E-state index contributed by atoms with van der Waals surface area (Å²) in [6, 6.07) is 17.4. The molecule has 1 aliphatic heterocycles. The van der Waals surface area contributed by atoms with Gasteiger partial charge in [-0.3, -0.25) is 0 Å². The van der Waals surface area contributed by atoms with Gasteiger partial charge in [0.2, 0.25) is 0 Å². The summed E-state index contributed by atoms with van der Waals surface area (Å²) < 4.78 is 8.77. The minimum atomic E-state index is -0.108. The molecule has 0 N–H and O–H groups in total. The standard InChI is InChI=1S/C16H16OTe/c1-12-7-8-16-13(9-12)10-14(17-16)11-18-15-5-3-2-4-6-15/h2-9,14H,10-11H2,1H3. The summed E-state index contributed by atoms with van der Waals surface area (Å²) in [7, 11) is 0. The van der Waals surface area contributed by atoms with Gasteiger partial charge in [-0.2, -0.15) is 0 Å². The molecule has 0 fully saturated rings. The maximum absolute atomic E-state index is 6.02. The second-order valence-corrected chi connectivity index (χ2v) is 7.80. The molecular weight excluding hydrogens is 336 g/mol. The van der Waals surface area contributed by atoms with Gasteiger partial charge in [-0.1, -0.05) is 0 Å². The Hall–Kier alpha value is -0.970. The third-order valence-electron chi connectivity index (χ3n) is 3.14. The molecule has 2 heteroatoms. The molecule has 3 rings (SSSR count). The molecule has 1 nitrogen and oxygen atoms in total. The summed E-state index contributed by atoms with van der Waals surface area (Å²) in [5.74, 6) is 1.10. The van der Waals surface area contributed by atoms with E-state index >= 15 is 0 Å². The van der Waals surface area contributed by atoms with Crippen molar-refractivity contribution in [3.05, 3.63) is 59.7 Å². The molecule has 0 amide bonds. The van der Waals surface area contributed by atoms with E-state index in [1.165, 1.54) is 19.2 Å². The Kier molecular flexibility index (Phi) is 3.59. The Bertz CT molecular complexity index is 536. The predicted molar refractivity (Wildman–Crippen MR) is 75.9 cm³/mol. The van der Waals surface area contributed by atoms with Gasteiger partial charge in [-0.25, -0.2) is 0 Å². The summed E-state index contributed by atoms with van der Waals surface area (Å²) in [5.41, 5.74) is 2.72. The van der Waals surface area contributed by atoms with E-state index in [9.17, 15) is 0 Å². The fourth-order valence-corrected chi connectivity index (χ4v) is 4.86. The molecule has 1 aliphatic rings. The van der Waals surface area contributed by atoms with Gasteiger partial charge in [0.15, 0.2) is 0 Å². The minimum absolute atomic E-state index is 0.108. The van der Waals surface area contributed by atoms with Crippen LogP contribution < -0.4 is 8.35 Å². The van der Waals surface area contributed by atoms with Crippen LogP contribution in [0.1, 0.15) is 11.1 Å². The van der Waals surface area contributed by atoms with Crippen molar-refractivity contribution in [2.24, 2.45) is 0 Å². The molecule has 0 aliphatic carbocycles. The Morgan fingerprint density at radius 3 is 2.83 bits per heavy atom. The van der Waals surface area contributed by atoms with Crippen molar-refractivity contribution in [2.45, 2.75) is 23.9 Å². The van der Waals surface area contributed by atoms with Crippen LogP contribution in [0.2, 0.25) is 4.47 Å². The van der Waals surface area contributed by atoms with Crippen LogP contribution in [0.15, 0.2) is 48.5 Å². The predicted octanol–water partition coefficient (Wildman–Crippen LogP) is 2.75. The first-order valence-corrected chi connectivity index (χ1v) is 9.06. The average Bonchev–Trinajstić information content (AvgIpc) is 2.79. The van der Waals surface area contributed by atoms with E-state index in [2.05, 4.69) is 55.5 Å². The van der Waals surface area contributed by atoms with E-state index in [1.54, 1.807) is 0 Å². The zero-order valence-corrected chi connectivity index (χ0v) is 12.8. The Labute approximate surface area is 118 Å². The van der Waals surface area contributed by atoms with Crippen LogP contribution in [-0.4, -0.2) is 27.0 Å². The van der Waals surface area contributed by atoms with Crippen molar-refractivity contribution >= 4 is 24.5 Å². The van der Waals surface area contributed by atoms with E-state index in [1.807, 2.05) is 0 Å². The number of benzene rings is 2. The van der Waals surface area contributed by atoms with Gasteiger partial charge in [0, 0.05) is 0 Å². The molecule has 1 atom stereocenters. The van der Waals surface area contributed by atoms with Gasteiger partial charge in [-0.05, 0) is 0 Å². The van der Waals surface area contributed by atoms with Crippen LogP contribution in [0.25, 0.3) is 0 Å². The van der Waals surface area contributed by atoms with Crippen molar-refractivity contribution in [1.29, 1.82) is 0 Å². The second-order valence-electron chi connectivity index (χ2n) is 4.68. The van der Waals surface area contributed by atoms with Gasteiger partial charge in [0.1, 0.15) is 0 Å². The number of hydrogen-bond donors (Lipinski definition) is 0. The van der Waals surface area contributed by atoms with Crippen LogP contribution in [-0.2, 0) is 6.42 Å². The molecule has 0 saturated heterocycles. The van der Waals surface area contributed by atoms with Crippen molar-refractivity contribution < 1.29 is 4.74 Å². The van der Waals surface area contributed by atoms with E-state index in [0.717, 1.165) is 12.2 Å². The number of fused-ring (bicyclic) bond motifs is 1. The van der Waals surface area contributed by atoms with Crippen LogP contribution in [0.5, 0.6) is 5.75 Å². The summed E-state index contributed by atoms with van der Waals surface area (Å²) in [5, 5.41) is 0. The van der Waals surface area contributed by atoms with Crippen molar-refractivity contribution in [3.8, 4) is 5.75 Å². The van der Waals surface area contributed by atoms with Crippen molar-refractivity contribution in [1.82, 2.24) is 0 Å². The molecule has 2 aromatic rings. The average molecular weight is 352 g/mol. The van der Waals surface area contributed by atoms with Crippen LogP contribution >= 0.6 is 0 Å². The van der Waals surface area contributed by atoms with Crippen LogP contribution in [0.3, 0.4) is 0 Å². The molecule has 18 heavy (non-hydrogen) atoms. The SMILES string of the molecule is Cc1ccc2c(c1)CC(C[Te]c1ccccc1)O2. The Morgan fingerprint density at radius 2 is 2.00 bits per heavy atom. The van der Waals surface area contributed by atoms with Gasteiger partial charge < -0.3 is 0 Å². The first-order valence-electron chi connectivity index (χ1n) is 6.25. The first-order chi connectivity index (χ1) is 8.81. The van der Waals surface area contributed by atoms with Gasteiger partial charge >= 0.3 is 119 Å². The van der Waals surface area contributed by atoms with Crippen LogP contribution in [0.4, 0.5) is 0 Å². The summed E-state index contributed by atoms with van der Waals surface area (Å²) >= 11 is -0.108. The Balaban J connectivity index is 1.61. The molecule has 0 radical (unpaired) electrons. The van der Waals surface area contributed by atoms with Gasteiger partial charge in [0.25, 0.3) is 0 Å². The quantitative estimate of drug-likeness (QED) is 0.773. The van der Waals surface area contributed by atoms with Crippen LogP contribution in [0, 0.1) is 6.92 Å². The summed E-state index contributed by atoms with van der Waals surface area (Å²) in [6.45, 7) is 2.14. The molecule has 0 bridgehead atoms. The van der Waals surface area contributed by atoms with E-state index in [4.69, 9.17) is 4.74 Å². The zero-order valence-electron chi connectivity index (χ0n) is 10.4. The second kappa shape index (κ2) is 5.34. The molecule has 92 valence electrons. The van der Waals surface area contributed by atoms with Gasteiger partial charge in [-0.15, -0.1) is 0 Å². The number of aryl methyl sites for hydroxylation is 1.